The molecule has 0 bridgehead atoms. The van der Waals surface area contributed by atoms with Gasteiger partial charge in [-0.05, 0) is 19.9 Å². The molecule has 1 aliphatic rings. The number of aromatic nitrogens is 4. The number of fused-ring (bicyclic) bond motifs is 1. The average molecular weight is 348 g/mol. The molecule has 1 saturated heterocycles. The smallest absolute Gasteiger partial charge is 0.256 e. The molecule has 0 unspecified atom stereocenters. The van der Waals surface area contributed by atoms with Crippen molar-refractivity contribution >= 4 is 29.4 Å². The van der Waals surface area contributed by atoms with Crippen LogP contribution >= 0.6 is 11.8 Å². The van der Waals surface area contributed by atoms with Crippen molar-refractivity contribution in [3.05, 3.63) is 17.5 Å². The molecule has 1 aliphatic heterocycles. The number of thioether (sulfide) groups is 1. The second-order valence-electron chi connectivity index (χ2n) is 5.83. The van der Waals surface area contributed by atoms with Gasteiger partial charge >= 0.3 is 0 Å². The zero-order valence-electron chi connectivity index (χ0n) is 14.0. The highest BCUT2D eigenvalue weighted by molar-refractivity contribution is 7.99. The summed E-state index contributed by atoms with van der Waals surface area (Å²) in [6, 6.07) is 1.96. The first-order valence-electron chi connectivity index (χ1n) is 7.81. The Morgan fingerprint density at radius 2 is 1.79 bits per heavy atom. The van der Waals surface area contributed by atoms with Crippen molar-refractivity contribution in [3.8, 4) is 0 Å². The standard InChI is InChI=1S/C15H20N6O2S/c1-10-8-11(2)21-14(16-10)17-18-15(21)24-9-13(23)20-6-4-19(5-7-20)12(3)22/h8H,4-7,9H2,1-3H3. The van der Waals surface area contributed by atoms with Gasteiger partial charge in [0.15, 0.2) is 5.16 Å². The van der Waals surface area contributed by atoms with Crippen LogP contribution < -0.4 is 0 Å². The van der Waals surface area contributed by atoms with Crippen LogP contribution in [0.15, 0.2) is 11.2 Å². The molecule has 0 aromatic carbocycles. The molecular formula is C15H20N6O2S. The summed E-state index contributed by atoms with van der Waals surface area (Å²) in [5.74, 6) is 0.966. The third-order valence-electron chi connectivity index (χ3n) is 4.07. The molecule has 2 amide bonds. The number of nitrogens with zero attached hydrogens (tertiary/aromatic N) is 6. The summed E-state index contributed by atoms with van der Waals surface area (Å²) in [7, 11) is 0. The molecule has 3 heterocycles. The van der Waals surface area contributed by atoms with Crippen molar-refractivity contribution in [1.29, 1.82) is 0 Å². The van der Waals surface area contributed by atoms with Gasteiger partial charge < -0.3 is 9.80 Å². The first-order valence-corrected chi connectivity index (χ1v) is 8.79. The number of hydrogen-bond acceptors (Lipinski definition) is 6. The van der Waals surface area contributed by atoms with Crippen molar-refractivity contribution in [3.63, 3.8) is 0 Å². The van der Waals surface area contributed by atoms with E-state index < -0.39 is 0 Å². The third-order valence-corrected chi connectivity index (χ3v) is 4.98. The summed E-state index contributed by atoms with van der Waals surface area (Å²) >= 11 is 1.36. The average Bonchev–Trinajstić information content (AvgIpc) is 2.95. The zero-order valence-corrected chi connectivity index (χ0v) is 14.8. The van der Waals surface area contributed by atoms with Gasteiger partial charge in [0.25, 0.3) is 5.78 Å². The van der Waals surface area contributed by atoms with Crippen LogP contribution in [0.1, 0.15) is 18.3 Å². The Hall–Kier alpha value is -2.16. The van der Waals surface area contributed by atoms with E-state index in [-0.39, 0.29) is 11.8 Å². The van der Waals surface area contributed by atoms with Gasteiger partial charge in [0.1, 0.15) is 0 Å². The lowest BCUT2D eigenvalue weighted by Gasteiger charge is -2.34. The van der Waals surface area contributed by atoms with Crippen LogP contribution in [0.25, 0.3) is 5.78 Å². The van der Waals surface area contributed by atoms with E-state index >= 15 is 0 Å². The zero-order chi connectivity index (χ0) is 17.3. The Kier molecular flexibility index (Phi) is 4.70. The highest BCUT2D eigenvalue weighted by atomic mass is 32.2. The van der Waals surface area contributed by atoms with Gasteiger partial charge in [-0.15, -0.1) is 10.2 Å². The number of hydrogen-bond donors (Lipinski definition) is 0. The molecule has 0 atom stereocenters. The van der Waals surface area contributed by atoms with E-state index in [1.165, 1.54) is 11.8 Å². The molecule has 0 radical (unpaired) electrons. The fourth-order valence-electron chi connectivity index (χ4n) is 2.78. The lowest BCUT2D eigenvalue weighted by Crippen LogP contribution is -2.50. The van der Waals surface area contributed by atoms with E-state index in [0.717, 1.165) is 11.4 Å². The number of carbonyl (C=O) groups is 2. The Bertz CT molecular complexity index is 782. The van der Waals surface area contributed by atoms with Gasteiger partial charge in [-0.3, -0.25) is 14.0 Å². The second-order valence-corrected chi connectivity index (χ2v) is 6.77. The second kappa shape index (κ2) is 6.76. The van der Waals surface area contributed by atoms with E-state index in [9.17, 15) is 9.59 Å². The molecule has 128 valence electrons. The number of piperazine rings is 1. The SMILES string of the molecule is CC(=O)N1CCN(C(=O)CSc2nnc3nc(C)cc(C)n23)CC1. The van der Waals surface area contributed by atoms with Crippen molar-refractivity contribution in [2.24, 2.45) is 0 Å². The minimum absolute atomic E-state index is 0.0534. The maximum atomic E-state index is 12.4. The van der Waals surface area contributed by atoms with Crippen molar-refractivity contribution in [2.75, 3.05) is 31.9 Å². The first kappa shape index (κ1) is 16.7. The molecule has 0 N–H and O–H groups in total. The molecule has 0 aliphatic carbocycles. The third kappa shape index (κ3) is 3.35. The van der Waals surface area contributed by atoms with E-state index in [1.54, 1.807) is 16.7 Å². The Labute approximate surface area is 144 Å². The maximum Gasteiger partial charge on any atom is 0.256 e. The van der Waals surface area contributed by atoms with E-state index in [4.69, 9.17) is 0 Å². The van der Waals surface area contributed by atoms with Gasteiger partial charge in [0, 0.05) is 44.5 Å². The molecule has 24 heavy (non-hydrogen) atoms. The predicted octanol–water partition coefficient (Wildman–Crippen LogP) is 0.524. The van der Waals surface area contributed by atoms with Gasteiger partial charge in [-0.1, -0.05) is 11.8 Å². The van der Waals surface area contributed by atoms with Crippen molar-refractivity contribution in [2.45, 2.75) is 25.9 Å². The molecule has 2 aromatic heterocycles. The molecule has 3 rings (SSSR count). The molecule has 2 aromatic rings. The highest BCUT2D eigenvalue weighted by Crippen LogP contribution is 2.19. The summed E-state index contributed by atoms with van der Waals surface area (Å²) < 4.78 is 1.86. The summed E-state index contributed by atoms with van der Waals surface area (Å²) in [4.78, 5) is 31.6. The normalized spacial score (nSPS) is 15.1. The highest BCUT2D eigenvalue weighted by Gasteiger charge is 2.23. The van der Waals surface area contributed by atoms with E-state index in [2.05, 4.69) is 15.2 Å². The monoisotopic (exact) mass is 348 g/mol. The lowest BCUT2D eigenvalue weighted by atomic mass is 10.3. The summed E-state index contributed by atoms with van der Waals surface area (Å²) in [5.41, 5.74) is 1.89. The lowest BCUT2D eigenvalue weighted by molar-refractivity contribution is -0.136. The predicted molar refractivity (Wildman–Crippen MR) is 89.8 cm³/mol. The molecular weight excluding hydrogens is 328 g/mol. The molecule has 0 saturated carbocycles. The maximum absolute atomic E-state index is 12.4. The fraction of sp³-hybridized carbons (Fsp3) is 0.533. The molecule has 8 nitrogen and oxygen atoms in total. The Morgan fingerprint density at radius 1 is 1.12 bits per heavy atom. The Balaban J connectivity index is 1.62. The van der Waals surface area contributed by atoms with Crippen LogP contribution in [0, 0.1) is 13.8 Å². The number of rotatable bonds is 3. The van der Waals surface area contributed by atoms with Crippen LogP contribution in [-0.2, 0) is 9.59 Å². The van der Waals surface area contributed by atoms with Crippen molar-refractivity contribution < 1.29 is 9.59 Å². The molecule has 1 fully saturated rings. The number of aryl methyl sites for hydroxylation is 2. The molecule has 0 spiro atoms. The van der Waals surface area contributed by atoms with Crippen LogP contribution in [0.3, 0.4) is 0 Å². The van der Waals surface area contributed by atoms with Gasteiger partial charge in [-0.25, -0.2) is 4.98 Å². The quantitative estimate of drug-likeness (QED) is 0.752. The van der Waals surface area contributed by atoms with Crippen molar-refractivity contribution in [1.82, 2.24) is 29.4 Å². The molecule has 9 heteroatoms. The minimum Gasteiger partial charge on any atom is -0.339 e. The van der Waals surface area contributed by atoms with Crippen LogP contribution in [0.5, 0.6) is 0 Å². The summed E-state index contributed by atoms with van der Waals surface area (Å²) in [5, 5.41) is 8.88. The van der Waals surface area contributed by atoms with Gasteiger partial charge in [0.05, 0.1) is 5.75 Å². The van der Waals surface area contributed by atoms with Crippen LogP contribution in [0.2, 0.25) is 0 Å². The summed E-state index contributed by atoms with van der Waals surface area (Å²) in [6.07, 6.45) is 0. The topological polar surface area (TPSA) is 83.7 Å². The van der Waals surface area contributed by atoms with E-state index in [0.29, 0.717) is 42.9 Å². The largest absolute Gasteiger partial charge is 0.339 e. The minimum atomic E-state index is 0.0534. The summed E-state index contributed by atoms with van der Waals surface area (Å²) in [6.45, 7) is 7.81. The van der Waals surface area contributed by atoms with Gasteiger partial charge in [0.2, 0.25) is 11.8 Å². The fourth-order valence-corrected chi connectivity index (χ4v) is 3.67. The first-order chi connectivity index (χ1) is 11.5. The van der Waals surface area contributed by atoms with Crippen LogP contribution in [-0.4, -0.2) is 73.1 Å². The number of amides is 2. The van der Waals surface area contributed by atoms with Gasteiger partial charge in [-0.2, -0.15) is 0 Å². The Morgan fingerprint density at radius 3 is 2.46 bits per heavy atom. The number of carbonyl (C=O) groups excluding carboxylic acids is 2. The van der Waals surface area contributed by atoms with E-state index in [1.807, 2.05) is 24.3 Å². The van der Waals surface area contributed by atoms with Crippen LogP contribution in [0.4, 0.5) is 0 Å².